The van der Waals surface area contributed by atoms with Gasteiger partial charge in [0.2, 0.25) is 11.7 Å². The van der Waals surface area contributed by atoms with Crippen molar-refractivity contribution in [1.29, 1.82) is 0 Å². The summed E-state index contributed by atoms with van der Waals surface area (Å²) in [5.41, 5.74) is 1.78. The lowest BCUT2D eigenvalue weighted by Gasteiger charge is -2.14. The van der Waals surface area contributed by atoms with Gasteiger partial charge in [0.25, 0.3) is 0 Å². The SMILES string of the molecule is COc1ccc(-n2ccnc2SCC(=O)NCc2cc(OC)c(OC)c(OC)c2)cc1. The first-order valence-corrected chi connectivity index (χ1v) is 10.4. The van der Waals surface area contributed by atoms with Gasteiger partial charge in [-0.15, -0.1) is 0 Å². The van der Waals surface area contributed by atoms with Gasteiger partial charge in [0, 0.05) is 24.6 Å². The zero-order valence-corrected chi connectivity index (χ0v) is 18.7. The van der Waals surface area contributed by atoms with E-state index in [1.165, 1.54) is 11.8 Å². The molecule has 164 valence electrons. The molecular formula is C22H25N3O5S. The number of hydrogen-bond donors (Lipinski definition) is 1. The van der Waals surface area contributed by atoms with Gasteiger partial charge in [0.15, 0.2) is 16.7 Å². The second-order valence-electron chi connectivity index (χ2n) is 6.38. The maximum Gasteiger partial charge on any atom is 0.230 e. The number of nitrogens with zero attached hydrogens (tertiary/aromatic N) is 2. The molecule has 0 aliphatic heterocycles. The molecule has 0 unspecified atom stereocenters. The van der Waals surface area contributed by atoms with Gasteiger partial charge in [0.05, 0.1) is 34.2 Å². The van der Waals surface area contributed by atoms with E-state index < -0.39 is 0 Å². The van der Waals surface area contributed by atoms with Gasteiger partial charge in [-0.25, -0.2) is 4.98 Å². The van der Waals surface area contributed by atoms with Crippen molar-refractivity contribution in [2.75, 3.05) is 34.2 Å². The van der Waals surface area contributed by atoms with Crippen LogP contribution in [0.2, 0.25) is 0 Å². The highest BCUT2D eigenvalue weighted by atomic mass is 32.2. The molecule has 0 saturated heterocycles. The quantitative estimate of drug-likeness (QED) is 0.481. The van der Waals surface area contributed by atoms with E-state index in [1.54, 1.807) is 34.6 Å². The third-order valence-corrected chi connectivity index (χ3v) is 5.47. The summed E-state index contributed by atoms with van der Waals surface area (Å²) < 4.78 is 23.1. The molecule has 31 heavy (non-hydrogen) atoms. The number of nitrogens with one attached hydrogen (secondary N) is 1. The van der Waals surface area contributed by atoms with Crippen molar-refractivity contribution in [3.05, 3.63) is 54.4 Å². The average molecular weight is 444 g/mol. The summed E-state index contributed by atoms with van der Waals surface area (Å²) in [6, 6.07) is 11.3. The number of hydrogen-bond acceptors (Lipinski definition) is 7. The lowest BCUT2D eigenvalue weighted by molar-refractivity contribution is -0.118. The molecule has 0 aliphatic rings. The van der Waals surface area contributed by atoms with Crippen LogP contribution < -0.4 is 24.3 Å². The summed E-state index contributed by atoms with van der Waals surface area (Å²) >= 11 is 1.36. The molecule has 0 radical (unpaired) electrons. The monoisotopic (exact) mass is 443 g/mol. The Morgan fingerprint density at radius 2 is 1.68 bits per heavy atom. The van der Waals surface area contributed by atoms with E-state index in [9.17, 15) is 4.79 Å². The minimum atomic E-state index is -0.108. The van der Waals surface area contributed by atoms with Crippen LogP contribution in [0.1, 0.15) is 5.56 Å². The number of amides is 1. The standard InChI is InChI=1S/C22H25N3O5S/c1-27-17-7-5-16(6-8-17)25-10-9-23-22(25)31-14-20(26)24-13-15-11-18(28-2)21(30-4)19(12-15)29-3/h5-12H,13-14H2,1-4H3,(H,24,26). The van der Waals surface area contributed by atoms with Crippen molar-refractivity contribution in [3.8, 4) is 28.7 Å². The number of ether oxygens (including phenoxy) is 4. The van der Waals surface area contributed by atoms with Crippen molar-refractivity contribution >= 4 is 17.7 Å². The fraction of sp³-hybridized carbons (Fsp3) is 0.273. The molecule has 1 N–H and O–H groups in total. The summed E-state index contributed by atoms with van der Waals surface area (Å²) in [5.74, 6) is 2.51. The predicted molar refractivity (Wildman–Crippen MR) is 119 cm³/mol. The van der Waals surface area contributed by atoms with Crippen molar-refractivity contribution in [2.45, 2.75) is 11.7 Å². The number of imidazole rings is 1. The Morgan fingerprint density at radius 1 is 1.00 bits per heavy atom. The zero-order valence-electron chi connectivity index (χ0n) is 17.9. The molecule has 1 amide bonds. The van der Waals surface area contributed by atoms with Crippen LogP contribution in [0.4, 0.5) is 0 Å². The third kappa shape index (κ3) is 5.43. The van der Waals surface area contributed by atoms with E-state index in [4.69, 9.17) is 18.9 Å². The van der Waals surface area contributed by atoms with Gasteiger partial charge >= 0.3 is 0 Å². The van der Waals surface area contributed by atoms with Gasteiger partial charge in [-0.05, 0) is 42.0 Å². The Hall–Kier alpha value is -3.33. The van der Waals surface area contributed by atoms with Crippen LogP contribution in [0.5, 0.6) is 23.0 Å². The Kier molecular flexibility index (Phi) is 7.66. The first-order chi connectivity index (χ1) is 15.1. The van der Waals surface area contributed by atoms with Gasteiger partial charge in [-0.3, -0.25) is 9.36 Å². The number of benzene rings is 2. The molecule has 0 aliphatic carbocycles. The molecule has 0 spiro atoms. The molecular weight excluding hydrogens is 418 g/mol. The van der Waals surface area contributed by atoms with Gasteiger partial charge in [-0.2, -0.15) is 0 Å². The van der Waals surface area contributed by atoms with Crippen LogP contribution in [0.3, 0.4) is 0 Å². The number of thioether (sulfide) groups is 1. The van der Waals surface area contributed by atoms with E-state index in [-0.39, 0.29) is 11.7 Å². The first kappa shape index (κ1) is 22.4. The van der Waals surface area contributed by atoms with E-state index in [2.05, 4.69) is 10.3 Å². The zero-order chi connectivity index (χ0) is 22.2. The highest BCUT2D eigenvalue weighted by Gasteiger charge is 2.14. The smallest absolute Gasteiger partial charge is 0.230 e. The van der Waals surface area contributed by atoms with Crippen LogP contribution in [-0.2, 0) is 11.3 Å². The predicted octanol–water partition coefficient (Wildman–Crippen LogP) is 3.32. The molecule has 3 rings (SSSR count). The second-order valence-corrected chi connectivity index (χ2v) is 7.32. The molecule has 9 heteroatoms. The minimum Gasteiger partial charge on any atom is -0.497 e. The van der Waals surface area contributed by atoms with Crippen LogP contribution in [0.25, 0.3) is 5.69 Å². The van der Waals surface area contributed by atoms with Crippen molar-refractivity contribution < 1.29 is 23.7 Å². The second kappa shape index (κ2) is 10.6. The van der Waals surface area contributed by atoms with Gasteiger partial charge in [-0.1, -0.05) is 11.8 Å². The van der Waals surface area contributed by atoms with Crippen molar-refractivity contribution in [2.24, 2.45) is 0 Å². The van der Waals surface area contributed by atoms with Crippen LogP contribution in [0, 0.1) is 0 Å². The fourth-order valence-corrected chi connectivity index (χ4v) is 3.76. The number of methoxy groups -OCH3 is 4. The number of rotatable bonds is 10. The third-order valence-electron chi connectivity index (χ3n) is 4.50. The summed E-state index contributed by atoms with van der Waals surface area (Å²) in [6.45, 7) is 0.336. The molecule has 0 bridgehead atoms. The van der Waals surface area contributed by atoms with Crippen LogP contribution in [-0.4, -0.2) is 49.7 Å². The molecule has 1 aromatic heterocycles. The molecule has 1 heterocycles. The van der Waals surface area contributed by atoms with E-state index in [1.807, 2.05) is 47.2 Å². The van der Waals surface area contributed by atoms with Crippen molar-refractivity contribution in [1.82, 2.24) is 14.9 Å². The summed E-state index contributed by atoms with van der Waals surface area (Å²) in [6.07, 6.45) is 3.57. The van der Waals surface area contributed by atoms with Gasteiger partial charge < -0.3 is 24.3 Å². The first-order valence-electron chi connectivity index (χ1n) is 9.45. The Morgan fingerprint density at radius 3 is 2.26 bits per heavy atom. The molecule has 2 aromatic carbocycles. The van der Waals surface area contributed by atoms with Crippen molar-refractivity contribution in [3.63, 3.8) is 0 Å². The number of carbonyl (C=O) groups excluding carboxylic acids is 1. The Balaban J connectivity index is 1.60. The maximum absolute atomic E-state index is 12.4. The number of aromatic nitrogens is 2. The van der Waals surface area contributed by atoms with E-state index in [0.29, 0.717) is 23.8 Å². The van der Waals surface area contributed by atoms with E-state index >= 15 is 0 Å². The normalized spacial score (nSPS) is 10.5. The summed E-state index contributed by atoms with van der Waals surface area (Å²) in [4.78, 5) is 16.8. The lowest BCUT2D eigenvalue weighted by Crippen LogP contribution is -2.24. The summed E-state index contributed by atoms with van der Waals surface area (Å²) in [7, 11) is 6.29. The molecule has 8 nitrogen and oxygen atoms in total. The Bertz CT molecular complexity index is 995. The fourth-order valence-electron chi connectivity index (χ4n) is 2.96. The van der Waals surface area contributed by atoms with Gasteiger partial charge in [0.1, 0.15) is 5.75 Å². The van der Waals surface area contributed by atoms with Crippen LogP contribution in [0.15, 0.2) is 53.9 Å². The average Bonchev–Trinajstić information content (AvgIpc) is 3.29. The molecule has 0 atom stereocenters. The highest BCUT2D eigenvalue weighted by molar-refractivity contribution is 7.99. The largest absolute Gasteiger partial charge is 0.497 e. The minimum absolute atomic E-state index is 0.108. The molecule has 0 fully saturated rings. The summed E-state index contributed by atoms with van der Waals surface area (Å²) in [5, 5.41) is 3.64. The maximum atomic E-state index is 12.4. The lowest BCUT2D eigenvalue weighted by atomic mass is 10.2. The highest BCUT2D eigenvalue weighted by Crippen LogP contribution is 2.38. The Labute approximate surface area is 185 Å². The van der Waals surface area contributed by atoms with Crippen LogP contribution >= 0.6 is 11.8 Å². The molecule has 0 saturated carbocycles. The number of carbonyl (C=O) groups is 1. The van der Waals surface area contributed by atoms with E-state index in [0.717, 1.165) is 22.2 Å². The topological polar surface area (TPSA) is 83.8 Å². The molecule has 3 aromatic rings.